The van der Waals surface area contributed by atoms with Crippen molar-refractivity contribution in [3.8, 4) is 0 Å². The molecule has 0 amide bonds. The van der Waals surface area contributed by atoms with Crippen LogP contribution in [0.1, 0.15) is 27.7 Å². The molecule has 1 aromatic heterocycles. The van der Waals surface area contributed by atoms with E-state index in [1.165, 1.54) is 24.4 Å². The number of halogens is 2. The van der Waals surface area contributed by atoms with Gasteiger partial charge in [0.15, 0.2) is 0 Å². The summed E-state index contributed by atoms with van der Waals surface area (Å²) in [6, 6.07) is 7.86. The standard InChI is InChI=1S/C17H19ClN2O5S.ClH/c1-11-13(17(21)24-2)9-16(25-11)26(22,23)20-8-7-19-10-15(20)12-5-3-4-6-14(12)18;/h3-6,9,15,19H,7-8,10H2,1-2H3;1H. The van der Waals surface area contributed by atoms with Crippen LogP contribution >= 0.6 is 24.0 Å². The number of furan rings is 1. The van der Waals surface area contributed by atoms with Crippen molar-refractivity contribution in [1.29, 1.82) is 0 Å². The molecular weight excluding hydrogens is 415 g/mol. The smallest absolute Gasteiger partial charge is 0.341 e. The number of piperazine rings is 1. The fourth-order valence-electron chi connectivity index (χ4n) is 2.99. The number of carbonyl (C=O) groups excluding carboxylic acids is 1. The molecule has 0 aliphatic carbocycles. The first-order valence-corrected chi connectivity index (χ1v) is 9.83. The van der Waals surface area contributed by atoms with Crippen LogP contribution in [0.4, 0.5) is 0 Å². The molecule has 10 heteroatoms. The molecule has 7 nitrogen and oxygen atoms in total. The highest BCUT2D eigenvalue weighted by Crippen LogP contribution is 2.33. The van der Waals surface area contributed by atoms with Crippen LogP contribution in [-0.2, 0) is 14.8 Å². The number of ether oxygens (including phenoxy) is 1. The lowest BCUT2D eigenvalue weighted by Crippen LogP contribution is -2.48. The number of nitrogens with one attached hydrogen (secondary N) is 1. The number of rotatable bonds is 4. The quantitative estimate of drug-likeness (QED) is 0.744. The van der Waals surface area contributed by atoms with Gasteiger partial charge in [0.2, 0.25) is 5.09 Å². The third-order valence-electron chi connectivity index (χ3n) is 4.32. The normalized spacial score (nSPS) is 18.0. The molecule has 0 bridgehead atoms. The first kappa shape index (κ1) is 21.7. The molecule has 1 atom stereocenters. The predicted octanol–water partition coefficient (Wildman–Crippen LogP) is 2.79. The average molecular weight is 435 g/mol. The fraction of sp³-hybridized carbons (Fsp3) is 0.353. The highest BCUT2D eigenvalue weighted by atomic mass is 35.5. The second-order valence-electron chi connectivity index (χ2n) is 5.88. The van der Waals surface area contributed by atoms with E-state index in [2.05, 4.69) is 10.1 Å². The maximum Gasteiger partial charge on any atom is 0.341 e. The molecule has 148 valence electrons. The van der Waals surface area contributed by atoms with Crippen molar-refractivity contribution in [2.24, 2.45) is 0 Å². The molecule has 0 radical (unpaired) electrons. The summed E-state index contributed by atoms with van der Waals surface area (Å²) in [6.07, 6.45) is 0. The monoisotopic (exact) mass is 434 g/mol. The Morgan fingerprint density at radius 2 is 2.07 bits per heavy atom. The number of aryl methyl sites for hydroxylation is 1. The molecule has 1 aliphatic heterocycles. The van der Waals surface area contributed by atoms with Gasteiger partial charge in [-0.15, -0.1) is 12.4 Å². The Balaban J connectivity index is 0.00000261. The van der Waals surface area contributed by atoms with E-state index in [4.69, 9.17) is 16.0 Å². The Hall–Kier alpha value is -1.58. The van der Waals surface area contributed by atoms with Gasteiger partial charge in [0.25, 0.3) is 10.0 Å². The Labute approximate surface area is 169 Å². The summed E-state index contributed by atoms with van der Waals surface area (Å²) >= 11 is 6.27. The summed E-state index contributed by atoms with van der Waals surface area (Å²) in [5.41, 5.74) is 0.803. The van der Waals surface area contributed by atoms with E-state index in [9.17, 15) is 13.2 Å². The van der Waals surface area contributed by atoms with E-state index in [1.807, 2.05) is 6.07 Å². The number of hydrogen-bond acceptors (Lipinski definition) is 6. The van der Waals surface area contributed by atoms with Gasteiger partial charge in [0.05, 0.1) is 13.2 Å². The maximum absolute atomic E-state index is 13.2. The van der Waals surface area contributed by atoms with Gasteiger partial charge in [0.1, 0.15) is 11.3 Å². The number of esters is 1. The molecule has 1 N–H and O–H groups in total. The van der Waals surface area contributed by atoms with Crippen LogP contribution in [0, 0.1) is 6.92 Å². The second kappa shape index (κ2) is 8.62. The van der Waals surface area contributed by atoms with Crippen LogP contribution in [0.2, 0.25) is 5.02 Å². The first-order valence-electron chi connectivity index (χ1n) is 8.02. The SMILES string of the molecule is COC(=O)c1cc(S(=O)(=O)N2CCNCC2c2ccccc2Cl)oc1C.Cl. The number of hydrogen-bond donors (Lipinski definition) is 1. The van der Waals surface area contributed by atoms with E-state index < -0.39 is 22.0 Å². The summed E-state index contributed by atoms with van der Waals surface area (Å²) in [5.74, 6) is -0.449. The molecular formula is C17H20Cl2N2O5S. The minimum Gasteiger partial charge on any atom is -0.465 e. The van der Waals surface area contributed by atoms with Gasteiger partial charge in [-0.1, -0.05) is 29.8 Å². The van der Waals surface area contributed by atoms with Crippen molar-refractivity contribution in [2.45, 2.75) is 18.1 Å². The topological polar surface area (TPSA) is 88.9 Å². The second-order valence-corrected chi connectivity index (χ2v) is 8.11. The summed E-state index contributed by atoms with van der Waals surface area (Å²) in [5, 5.41) is 3.40. The molecule has 0 saturated carbocycles. The van der Waals surface area contributed by atoms with Gasteiger partial charge in [0, 0.05) is 30.7 Å². The fourth-order valence-corrected chi connectivity index (χ4v) is 4.84. The lowest BCUT2D eigenvalue weighted by molar-refractivity contribution is 0.0598. The third-order valence-corrected chi connectivity index (χ3v) is 6.43. The van der Waals surface area contributed by atoms with Crippen LogP contribution in [0.3, 0.4) is 0 Å². The molecule has 1 fully saturated rings. The van der Waals surface area contributed by atoms with Crippen LogP contribution < -0.4 is 5.32 Å². The largest absolute Gasteiger partial charge is 0.465 e. The summed E-state index contributed by atoms with van der Waals surface area (Å²) in [7, 11) is -2.73. The van der Waals surface area contributed by atoms with Crippen molar-refractivity contribution < 1.29 is 22.4 Å². The van der Waals surface area contributed by atoms with Gasteiger partial charge >= 0.3 is 5.97 Å². The van der Waals surface area contributed by atoms with Crippen LogP contribution in [0.25, 0.3) is 0 Å². The molecule has 2 heterocycles. The molecule has 1 unspecified atom stereocenters. The van der Waals surface area contributed by atoms with Crippen molar-refractivity contribution in [2.75, 3.05) is 26.7 Å². The minimum absolute atomic E-state index is 0. The summed E-state index contributed by atoms with van der Waals surface area (Å²) < 4.78 is 37.7. The molecule has 0 spiro atoms. The van der Waals surface area contributed by atoms with Crippen LogP contribution in [0.15, 0.2) is 39.8 Å². The van der Waals surface area contributed by atoms with Crippen molar-refractivity contribution >= 4 is 40.0 Å². The molecule has 1 saturated heterocycles. The Morgan fingerprint density at radius 3 is 2.74 bits per heavy atom. The summed E-state index contributed by atoms with van der Waals surface area (Å²) in [6.45, 7) is 2.70. The van der Waals surface area contributed by atoms with Crippen LogP contribution in [0.5, 0.6) is 0 Å². The lowest BCUT2D eigenvalue weighted by atomic mass is 10.1. The van der Waals surface area contributed by atoms with E-state index in [1.54, 1.807) is 18.2 Å². The van der Waals surface area contributed by atoms with Crippen molar-refractivity contribution in [3.05, 3.63) is 52.2 Å². The molecule has 1 aliphatic rings. The Bertz CT molecular complexity index is 929. The zero-order chi connectivity index (χ0) is 18.9. The van der Waals surface area contributed by atoms with Crippen molar-refractivity contribution in [3.63, 3.8) is 0 Å². The number of methoxy groups -OCH3 is 1. The zero-order valence-corrected chi connectivity index (χ0v) is 17.2. The highest BCUT2D eigenvalue weighted by molar-refractivity contribution is 7.89. The molecule has 2 aromatic rings. The molecule has 3 rings (SSSR count). The molecule has 1 aromatic carbocycles. The average Bonchev–Trinajstić information content (AvgIpc) is 3.04. The first-order chi connectivity index (χ1) is 12.4. The van der Waals surface area contributed by atoms with E-state index in [0.717, 1.165) is 0 Å². The van der Waals surface area contributed by atoms with Crippen LogP contribution in [-0.4, -0.2) is 45.4 Å². The number of sulfonamides is 1. The number of nitrogens with zero attached hydrogens (tertiary/aromatic N) is 1. The van der Waals surface area contributed by atoms with Gasteiger partial charge in [-0.05, 0) is 18.6 Å². The van der Waals surface area contributed by atoms with E-state index in [0.29, 0.717) is 23.7 Å². The lowest BCUT2D eigenvalue weighted by Gasteiger charge is -2.35. The Kier molecular flexibility index (Phi) is 6.93. The Morgan fingerprint density at radius 1 is 1.37 bits per heavy atom. The van der Waals surface area contributed by atoms with Gasteiger partial charge < -0.3 is 14.5 Å². The summed E-state index contributed by atoms with van der Waals surface area (Å²) in [4.78, 5) is 11.8. The van der Waals surface area contributed by atoms with Crippen molar-refractivity contribution in [1.82, 2.24) is 9.62 Å². The zero-order valence-electron chi connectivity index (χ0n) is 14.8. The third kappa shape index (κ3) is 4.14. The van der Waals surface area contributed by atoms with E-state index in [-0.39, 0.29) is 35.4 Å². The van der Waals surface area contributed by atoms with Gasteiger partial charge in [-0.3, -0.25) is 0 Å². The van der Waals surface area contributed by atoms with E-state index >= 15 is 0 Å². The number of carbonyl (C=O) groups is 1. The van der Waals surface area contributed by atoms with Gasteiger partial charge in [-0.25, -0.2) is 13.2 Å². The minimum atomic E-state index is -3.96. The maximum atomic E-state index is 13.2. The molecule has 27 heavy (non-hydrogen) atoms. The predicted molar refractivity (Wildman–Crippen MR) is 103 cm³/mol. The highest BCUT2D eigenvalue weighted by Gasteiger charge is 2.38. The number of benzene rings is 1. The van der Waals surface area contributed by atoms with Gasteiger partial charge in [-0.2, -0.15) is 4.31 Å².